The fourth-order valence-corrected chi connectivity index (χ4v) is 7.21. The van der Waals surface area contributed by atoms with Crippen molar-refractivity contribution in [3.63, 3.8) is 0 Å². The van der Waals surface area contributed by atoms with Crippen molar-refractivity contribution in [2.45, 2.75) is 19.3 Å². The Morgan fingerprint density at radius 1 is 0.595 bits per heavy atom. The number of rotatable bonds is 2. The van der Waals surface area contributed by atoms with Crippen LogP contribution >= 0.6 is 0 Å². The number of hydrogen-bond donors (Lipinski definition) is 0. The summed E-state index contributed by atoms with van der Waals surface area (Å²) in [5.41, 5.74) is 10.5. The normalized spacial score (nSPS) is 13.7. The van der Waals surface area contributed by atoms with E-state index < -0.39 is 0 Å². The van der Waals surface area contributed by atoms with E-state index in [1.165, 1.54) is 49.2 Å². The molecular weight excluding hydrogens is 510 g/mol. The summed E-state index contributed by atoms with van der Waals surface area (Å²) in [5, 5.41) is 6.17. The summed E-state index contributed by atoms with van der Waals surface area (Å²) in [6.45, 7) is 4.70. The van der Waals surface area contributed by atoms with E-state index in [4.69, 9.17) is 9.97 Å². The average molecular weight is 538 g/mol. The molecule has 0 N–H and O–H groups in total. The summed E-state index contributed by atoms with van der Waals surface area (Å²) in [7, 11) is 0. The van der Waals surface area contributed by atoms with Crippen LogP contribution in [0.25, 0.3) is 71.7 Å². The van der Waals surface area contributed by atoms with E-state index in [0.29, 0.717) is 0 Å². The molecule has 1 aliphatic carbocycles. The average Bonchev–Trinajstić information content (AvgIpc) is 3.48. The second kappa shape index (κ2) is 8.37. The lowest BCUT2D eigenvalue weighted by Gasteiger charge is -2.22. The van der Waals surface area contributed by atoms with Gasteiger partial charge in [0.2, 0.25) is 0 Å². The summed E-state index contributed by atoms with van der Waals surface area (Å²) in [6.07, 6.45) is 2.01. The first kappa shape index (κ1) is 23.4. The third-order valence-corrected chi connectivity index (χ3v) is 9.17. The van der Waals surface area contributed by atoms with Crippen LogP contribution in [0.5, 0.6) is 0 Å². The number of aromatic nitrogens is 3. The molecule has 0 saturated carbocycles. The molecule has 198 valence electrons. The van der Waals surface area contributed by atoms with Gasteiger partial charge in [0.25, 0.3) is 0 Å². The molecule has 0 atom stereocenters. The van der Waals surface area contributed by atoms with Gasteiger partial charge in [-0.05, 0) is 74.1 Å². The highest BCUT2D eigenvalue weighted by molar-refractivity contribution is 6.13. The smallest absolute Gasteiger partial charge is 0.159 e. The van der Waals surface area contributed by atoms with Gasteiger partial charge in [-0.1, -0.05) is 105 Å². The maximum Gasteiger partial charge on any atom is 0.159 e. The lowest BCUT2D eigenvalue weighted by Crippen LogP contribution is -2.15. The van der Waals surface area contributed by atoms with Crippen molar-refractivity contribution < 1.29 is 0 Å². The lowest BCUT2D eigenvalue weighted by molar-refractivity contribution is 0.666. The third kappa shape index (κ3) is 3.16. The van der Waals surface area contributed by atoms with Gasteiger partial charge in [0.05, 0.1) is 17.2 Å². The van der Waals surface area contributed by atoms with Crippen LogP contribution in [0.2, 0.25) is 0 Å². The van der Waals surface area contributed by atoms with Crippen molar-refractivity contribution in [1.29, 1.82) is 0 Å². The van der Waals surface area contributed by atoms with Gasteiger partial charge in [-0.25, -0.2) is 9.97 Å². The zero-order valence-corrected chi connectivity index (χ0v) is 23.5. The first-order chi connectivity index (χ1) is 20.6. The molecule has 0 unspecified atom stereocenters. The summed E-state index contributed by atoms with van der Waals surface area (Å²) < 4.78 is 2.35. The van der Waals surface area contributed by atoms with Crippen LogP contribution in [0, 0.1) is 0 Å². The Morgan fingerprint density at radius 3 is 2.14 bits per heavy atom. The maximum absolute atomic E-state index is 5.30. The minimum absolute atomic E-state index is 0.162. The van der Waals surface area contributed by atoms with Gasteiger partial charge in [0.15, 0.2) is 5.82 Å². The van der Waals surface area contributed by atoms with Crippen LogP contribution in [0.15, 0.2) is 128 Å². The molecule has 9 rings (SSSR count). The molecule has 8 aromatic rings. The summed E-state index contributed by atoms with van der Waals surface area (Å²) in [6, 6.07) is 43.6. The number of fused-ring (bicyclic) bond motifs is 9. The molecule has 2 heterocycles. The van der Waals surface area contributed by atoms with Crippen LogP contribution < -0.4 is 0 Å². The molecule has 0 saturated heterocycles. The molecule has 0 fully saturated rings. The topological polar surface area (TPSA) is 30.7 Å². The highest BCUT2D eigenvalue weighted by atomic mass is 15.0. The fourth-order valence-electron chi connectivity index (χ4n) is 7.21. The van der Waals surface area contributed by atoms with Crippen LogP contribution in [0.1, 0.15) is 25.0 Å². The van der Waals surface area contributed by atoms with E-state index in [0.717, 1.165) is 33.6 Å². The van der Waals surface area contributed by atoms with Crippen molar-refractivity contribution in [3.8, 4) is 28.2 Å². The standard InChI is InChI=1S/C39H27N3/c1-39(2)32-15-9-8-14-30(32)31-18-19-33-35(36(31)39)37-34(23-40-38(41-37)24-10-4-3-5-11-24)42(33)29-17-16-27-20-25-12-6-7-13-26(25)21-28(27)22-29/h3-23H,1-2H3. The monoisotopic (exact) mass is 537 g/mol. The molecule has 0 amide bonds. The first-order valence-electron chi connectivity index (χ1n) is 14.5. The van der Waals surface area contributed by atoms with E-state index in [9.17, 15) is 0 Å². The van der Waals surface area contributed by atoms with Crippen LogP contribution in [0.4, 0.5) is 0 Å². The van der Waals surface area contributed by atoms with Gasteiger partial charge >= 0.3 is 0 Å². The minimum Gasteiger partial charge on any atom is -0.306 e. The lowest BCUT2D eigenvalue weighted by atomic mass is 9.81. The molecule has 0 aliphatic heterocycles. The van der Waals surface area contributed by atoms with Gasteiger partial charge in [0, 0.05) is 22.1 Å². The maximum atomic E-state index is 5.30. The predicted molar refractivity (Wildman–Crippen MR) is 174 cm³/mol. The van der Waals surface area contributed by atoms with Crippen LogP contribution in [-0.4, -0.2) is 14.5 Å². The summed E-state index contributed by atoms with van der Waals surface area (Å²) in [5.74, 6) is 0.748. The Balaban J connectivity index is 1.39. The van der Waals surface area contributed by atoms with Crippen molar-refractivity contribution in [2.75, 3.05) is 0 Å². The Bertz CT molecular complexity index is 2380. The third-order valence-electron chi connectivity index (χ3n) is 9.17. The second-order valence-corrected chi connectivity index (χ2v) is 11.9. The highest BCUT2D eigenvalue weighted by Gasteiger charge is 2.38. The Morgan fingerprint density at radius 2 is 1.31 bits per heavy atom. The summed E-state index contributed by atoms with van der Waals surface area (Å²) >= 11 is 0. The van der Waals surface area contributed by atoms with Crippen molar-refractivity contribution in [2.24, 2.45) is 0 Å². The van der Waals surface area contributed by atoms with Gasteiger partial charge < -0.3 is 4.57 Å². The van der Waals surface area contributed by atoms with E-state index in [-0.39, 0.29) is 5.41 Å². The molecular formula is C39H27N3. The largest absolute Gasteiger partial charge is 0.306 e. The highest BCUT2D eigenvalue weighted by Crippen LogP contribution is 2.53. The SMILES string of the molecule is CC1(C)c2ccccc2-c2ccc3c(c21)c1nc(-c2ccccc2)ncc1n3-c1ccc2cc3ccccc3cc2c1. The van der Waals surface area contributed by atoms with Crippen LogP contribution in [-0.2, 0) is 5.41 Å². The van der Waals surface area contributed by atoms with Gasteiger partial charge in [0.1, 0.15) is 5.52 Å². The fraction of sp³-hybridized carbons (Fsp3) is 0.0769. The minimum atomic E-state index is -0.162. The number of nitrogens with zero attached hydrogens (tertiary/aromatic N) is 3. The Labute approximate surface area is 243 Å². The molecule has 3 heteroatoms. The molecule has 6 aromatic carbocycles. The first-order valence-corrected chi connectivity index (χ1v) is 14.5. The Kier molecular flexibility index (Phi) is 4.67. The van der Waals surface area contributed by atoms with Gasteiger partial charge in [-0.2, -0.15) is 0 Å². The molecule has 42 heavy (non-hydrogen) atoms. The molecule has 0 spiro atoms. The molecule has 0 radical (unpaired) electrons. The molecule has 0 bridgehead atoms. The number of benzene rings is 6. The van der Waals surface area contributed by atoms with E-state index in [1.807, 2.05) is 24.4 Å². The quantitative estimate of drug-likeness (QED) is 0.205. The predicted octanol–water partition coefficient (Wildman–Crippen LogP) is 9.85. The van der Waals surface area contributed by atoms with E-state index in [1.54, 1.807) is 0 Å². The molecule has 3 nitrogen and oxygen atoms in total. The summed E-state index contributed by atoms with van der Waals surface area (Å²) in [4.78, 5) is 10.2. The van der Waals surface area contributed by atoms with E-state index >= 15 is 0 Å². The Hall–Kier alpha value is -5.28. The van der Waals surface area contributed by atoms with E-state index in [2.05, 4.69) is 122 Å². The number of hydrogen-bond acceptors (Lipinski definition) is 2. The van der Waals surface area contributed by atoms with Gasteiger partial charge in [-0.3, -0.25) is 0 Å². The second-order valence-electron chi connectivity index (χ2n) is 11.9. The molecule has 1 aliphatic rings. The van der Waals surface area contributed by atoms with Gasteiger partial charge in [-0.15, -0.1) is 0 Å². The van der Waals surface area contributed by atoms with Crippen molar-refractivity contribution in [1.82, 2.24) is 14.5 Å². The van der Waals surface area contributed by atoms with Crippen molar-refractivity contribution in [3.05, 3.63) is 139 Å². The zero-order valence-electron chi connectivity index (χ0n) is 23.5. The molecule has 2 aromatic heterocycles. The van der Waals surface area contributed by atoms with Crippen LogP contribution in [0.3, 0.4) is 0 Å². The van der Waals surface area contributed by atoms with Crippen molar-refractivity contribution >= 4 is 43.5 Å². The zero-order chi connectivity index (χ0) is 28.0.